The SMILES string of the molecule is Cc1cccc(CC(C)N)c1OCCN1CCCCC1. The molecule has 1 fully saturated rings. The number of hydrogen-bond acceptors (Lipinski definition) is 3. The first-order chi connectivity index (χ1) is 9.66. The maximum atomic E-state index is 6.07. The van der Waals surface area contributed by atoms with E-state index in [1.165, 1.54) is 43.5 Å². The van der Waals surface area contributed by atoms with Crippen LogP contribution in [0.4, 0.5) is 0 Å². The fraction of sp³-hybridized carbons (Fsp3) is 0.647. The summed E-state index contributed by atoms with van der Waals surface area (Å²) in [6, 6.07) is 6.50. The summed E-state index contributed by atoms with van der Waals surface area (Å²) in [5, 5.41) is 0. The average molecular weight is 276 g/mol. The van der Waals surface area contributed by atoms with E-state index in [1.807, 2.05) is 6.92 Å². The molecule has 1 unspecified atom stereocenters. The van der Waals surface area contributed by atoms with Gasteiger partial charge in [0.15, 0.2) is 0 Å². The third-order valence-corrected chi connectivity index (χ3v) is 3.94. The number of para-hydroxylation sites is 1. The number of benzene rings is 1. The summed E-state index contributed by atoms with van der Waals surface area (Å²) in [5.74, 6) is 1.04. The predicted octanol–water partition coefficient (Wildman–Crippen LogP) is 2.75. The van der Waals surface area contributed by atoms with Gasteiger partial charge in [-0.05, 0) is 57.3 Å². The molecule has 112 valence electrons. The number of hydrogen-bond donors (Lipinski definition) is 1. The second-order valence-corrected chi connectivity index (χ2v) is 6.00. The Balaban J connectivity index is 1.90. The highest BCUT2D eigenvalue weighted by atomic mass is 16.5. The van der Waals surface area contributed by atoms with Crippen LogP contribution in [0.25, 0.3) is 0 Å². The highest BCUT2D eigenvalue weighted by molar-refractivity contribution is 5.41. The van der Waals surface area contributed by atoms with Gasteiger partial charge in [0.05, 0.1) is 0 Å². The zero-order valence-corrected chi connectivity index (χ0v) is 12.9. The van der Waals surface area contributed by atoms with Crippen molar-refractivity contribution in [1.29, 1.82) is 0 Å². The van der Waals surface area contributed by atoms with Crippen molar-refractivity contribution >= 4 is 0 Å². The zero-order chi connectivity index (χ0) is 14.4. The van der Waals surface area contributed by atoms with Gasteiger partial charge in [-0.3, -0.25) is 4.90 Å². The molecule has 0 amide bonds. The second kappa shape index (κ2) is 7.65. The lowest BCUT2D eigenvalue weighted by atomic mass is 10.0. The van der Waals surface area contributed by atoms with E-state index in [4.69, 9.17) is 10.5 Å². The molecule has 0 saturated carbocycles. The number of likely N-dealkylation sites (tertiary alicyclic amines) is 1. The van der Waals surface area contributed by atoms with Crippen LogP contribution < -0.4 is 10.5 Å². The van der Waals surface area contributed by atoms with Gasteiger partial charge in [-0.15, -0.1) is 0 Å². The third kappa shape index (κ3) is 4.50. The van der Waals surface area contributed by atoms with Crippen molar-refractivity contribution < 1.29 is 4.74 Å². The molecule has 3 nitrogen and oxygen atoms in total. The lowest BCUT2D eigenvalue weighted by molar-refractivity contribution is 0.182. The largest absolute Gasteiger partial charge is 0.492 e. The van der Waals surface area contributed by atoms with Crippen LogP contribution in [0.3, 0.4) is 0 Å². The van der Waals surface area contributed by atoms with Crippen LogP contribution in [0.5, 0.6) is 5.75 Å². The van der Waals surface area contributed by atoms with E-state index in [2.05, 4.69) is 30.0 Å². The first kappa shape index (κ1) is 15.3. The summed E-state index contributed by atoms with van der Waals surface area (Å²) in [6.45, 7) is 8.41. The Morgan fingerprint density at radius 3 is 2.70 bits per heavy atom. The topological polar surface area (TPSA) is 38.5 Å². The molecular weight excluding hydrogens is 248 g/mol. The molecule has 0 radical (unpaired) electrons. The third-order valence-electron chi connectivity index (χ3n) is 3.94. The number of aryl methyl sites for hydroxylation is 1. The lowest BCUT2D eigenvalue weighted by Gasteiger charge is -2.26. The first-order valence-corrected chi connectivity index (χ1v) is 7.86. The Kier molecular flexibility index (Phi) is 5.86. The molecule has 1 heterocycles. The number of rotatable bonds is 6. The van der Waals surface area contributed by atoms with Crippen LogP contribution in [-0.2, 0) is 6.42 Å². The van der Waals surface area contributed by atoms with Gasteiger partial charge < -0.3 is 10.5 Å². The first-order valence-electron chi connectivity index (χ1n) is 7.86. The van der Waals surface area contributed by atoms with Gasteiger partial charge in [-0.1, -0.05) is 24.6 Å². The van der Waals surface area contributed by atoms with E-state index in [1.54, 1.807) is 0 Å². The average Bonchev–Trinajstić information content (AvgIpc) is 2.42. The van der Waals surface area contributed by atoms with Gasteiger partial charge in [0.25, 0.3) is 0 Å². The lowest BCUT2D eigenvalue weighted by Crippen LogP contribution is -2.33. The van der Waals surface area contributed by atoms with Crippen molar-refractivity contribution in [2.75, 3.05) is 26.2 Å². The second-order valence-electron chi connectivity index (χ2n) is 6.00. The molecule has 1 saturated heterocycles. The number of nitrogens with zero attached hydrogens (tertiary/aromatic N) is 1. The fourth-order valence-electron chi connectivity index (χ4n) is 2.89. The summed E-state index contributed by atoms with van der Waals surface area (Å²) in [7, 11) is 0. The van der Waals surface area contributed by atoms with Gasteiger partial charge in [0.2, 0.25) is 0 Å². The molecule has 1 aromatic carbocycles. The molecule has 20 heavy (non-hydrogen) atoms. The Hall–Kier alpha value is -1.06. The fourth-order valence-corrected chi connectivity index (χ4v) is 2.89. The summed E-state index contributed by atoms with van der Waals surface area (Å²) in [5.41, 5.74) is 8.37. The molecule has 3 heteroatoms. The van der Waals surface area contributed by atoms with E-state index in [-0.39, 0.29) is 6.04 Å². The maximum absolute atomic E-state index is 6.07. The van der Waals surface area contributed by atoms with Crippen molar-refractivity contribution in [2.24, 2.45) is 5.73 Å². The summed E-state index contributed by atoms with van der Waals surface area (Å²) < 4.78 is 6.07. The quantitative estimate of drug-likeness (QED) is 0.868. The molecule has 0 spiro atoms. The van der Waals surface area contributed by atoms with Crippen LogP contribution in [-0.4, -0.2) is 37.2 Å². The highest BCUT2D eigenvalue weighted by Gasteiger charge is 2.12. The molecule has 1 aliphatic heterocycles. The minimum atomic E-state index is 0.168. The minimum absolute atomic E-state index is 0.168. The van der Waals surface area contributed by atoms with Gasteiger partial charge in [0, 0.05) is 12.6 Å². The van der Waals surface area contributed by atoms with Crippen molar-refractivity contribution in [2.45, 2.75) is 45.6 Å². The number of nitrogens with two attached hydrogens (primary N) is 1. The standard InChI is InChI=1S/C17H28N2O/c1-14-7-6-8-16(13-15(2)18)17(14)20-12-11-19-9-4-3-5-10-19/h6-8,15H,3-5,9-13,18H2,1-2H3. The Labute approximate surface area is 123 Å². The van der Waals surface area contributed by atoms with Crippen LogP contribution >= 0.6 is 0 Å². The van der Waals surface area contributed by atoms with Crippen LogP contribution in [0.1, 0.15) is 37.3 Å². The Bertz CT molecular complexity index is 411. The number of ether oxygens (including phenoxy) is 1. The maximum Gasteiger partial charge on any atom is 0.125 e. The molecule has 1 atom stereocenters. The van der Waals surface area contributed by atoms with E-state index in [9.17, 15) is 0 Å². The molecule has 1 aromatic rings. The number of piperidine rings is 1. The van der Waals surface area contributed by atoms with Crippen molar-refractivity contribution in [3.8, 4) is 5.75 Å². The Morgan fingerprint density at radius 1 is 1.25 bits per heavy atom. The van der Waals surface area contributed by atoms with E-state index in [0.29, 0.717) is 0 Å². The van der Waals surface area contributed by atoms with Gasteiger partial charge >= 0.3 is 0 Å². The van der Waals surface area contributed by atoms with Crippen LogP contribution in [0, 0.1) is 6.92 Å². The van der Waals surface area contributed by atoms with Crippen molar-refractivity contribution in [3.63, 3.8) is 0 Å². The zero-order valence-electron chi connectivity index (χ0n) is 12.9. The van der Waals surface area contributed by atoms with Gasteiger partial charge in [-0.2, -0.15) is 0 Å². The van der Waals surface area contributed by atoms with E-state index in [0.717, 1.165) is 25.3 Å². The molecule has 2 N–H and O–H groups in total. The summed E-state index contributed by atoms with van der Waals surface area (Å²) >= 11 is 0. The van der Waals surface area contributed by atoms with Gasteiger partial charge in [0.1, 0.15) is 12.4 Å². The molecular formula is C17H28N2O. The monoisotopic (exact) mass is 276 g/mol. The molecule has 2 rings (SSSR count). The van der Waals surface area contributed by atoms with Crippen molar-refractivity contribution in [3.05, 3.63) is 29.3 Å². The minimum Gasteiger partial charge on any atom is -0.492 e. The van der Waals surface area contributed by atoms with E-state index >= 15 is 0 Å². The van der Waals surface area contributed by atoms with Crippen molar-refractivity contribution in [1.82, 2.24) is 4.90 Å². The molecule has 0 aliphatic carbocycles. The highest BCUT2D eigenvalue weighted by Crippen LogP contribution is 2.24. The Morgan fingerprint density at radius 2 is 2.00 bits per heavy atom. The van der Waals surface area contributed by atoms with Crippen LogP contribution in [0.2, 0.25) is 0 Å². The molecule has 0 bridgehead atoms. The van der Waals surface area contributed by atoms with Crippen LogP contribution in [0.15, 0.2) is 18.2 Å². The van der Waals surface area contributed by atoms with E-state index < -0.39 is 0 Å². The smallest absolute Gasteiger partial charge is 0.125 e. The normalized spacial score (nSPS) is 17.9. The summed E-state index contributed by atoms with van der Waals surface area (Å²) in [4.78, 5) is 2.51. The van der Waals surface area contributed by atoms with Gasteiger partial charge in [-0.25, -0.2) is 0 Å². The molecule has 1 aliphatic rings. The molecule has 0 aromatic heterocycles. The predicted molar refractivity (Wildman–Crippen MR) is 84.3 cm³/mol. The summed E-state index contributed by atoms with van der Waals surface area (Å²) in [6.07, 6.45) is 4.93.